The second-order valence-corrected chi connectivity index (χ2v) is 1.63. The molecule has 0 radical (unpaired) electrons. The van der Waals surface area contributed by atoms with Crippen molar-refractivity contribution in [2.75, 3.05) is 6.54 Å². The minimum atomic E-state index is -0.452. The Bertz CT molecular complexity index is 130. The minimum Gasteiger partial charge on any atom is -0.387 e. The van der Waals surface area contributed by atoms with Gasteiger partial charge in [0.15, 0.2) is 0 Å². The molecule has 0 aromatic rings. The van der Waals surface area contributed by atoms with Gasteiger partial charge >= 0.3 is 0 Å². The zero-order valence-corrected chi connectivity index (χ0v) is 5.42. The lowest BCUT2D eigenvalue weighted by Crippen LogP contribution is -2.18. The Balaban J connectivity index is 3.56. The zero-order valence-electron chi connectivity index (χ0n) is 5.42. The third kappa shape index (κ3) is 4.80. The molecule has 0 aromatic heterocycles. The highest BCUT2D eigenvalue weighted by atomic mass is 16.1. The van der Waals surface area contributed by atoms with Crippen molar-refractivity contribution >= 4 is 11.7 Å². The topological polar surface area (TPSA) is 81.5 Å². The van der Waals surface area contributed by atoms with Crippen LogP contribution in [0.2, 0.25) is 0 Å². The molecular weight excluding hydrogens is 118 g/mol. The smallest absolute Gasteiger partial charge is 0.239 e. The van der Waals surface area contributed by atoms with Gasteiger partial charge in [-0.2, -0.15) is 0 Å². The van der Waals surface area contributed by atoms with Crippen LogP contribution >= 0.6 is 0 Å². The number of rotatable bonds is 3. The van der Waals surface area contributed by atoms with E-state index in [1.165, 1.54) is 0 Å². The molecule has 0 saturated carbocycles. The highest BCUT2D eigenvalue weighted by molar-refractivity contribution is 5.84. The van der Waals surface area contributed by atoms with E-state index in [0.29, 0.717) is 12.3 Å². The van der Waals surface area contributed by atoms with Crippen LogP contribution < -0.4 is 11.5 Å². The fourth-order valence-electron chi connectivity index (χ4n) is 0.291. The summed E-state index contributed by atoms with van der Waals surface area (Å²) in [5.41, 5.74) is 10.1. The SMILES string of the molecule is CCC(N)=NCC(N)=O. The fourth-order valence-corrected chi connectivity index (χ4v) is 0.291. The number of hydrogen-bond donors (Lipinski definition) is 2. The van der Waals surface area contributed by atoms with Gasteiger partial charge < -0.3 is 11.5 Å². The zero-order chi connectivity index (χ0) is 7.28. The molecule has 0 fully saturated rings. The average molecular weight is 129 g/mol. The van der Waals surface area contributed by atoms with E-state index in [1.807, 2.05) is 6.92 Å². The number of nitrogens with two attached hydrogens (primary N) is 2. The fraction of sp³-hybridized carbons (Fsp3) is 0.600. The standard InChI is InChI=1S/C5H11N3O/c1-2-4(6)8-3-5(7)9/h2-3H2,1H3,(H2,6,8)(H2,7,9). The largest absolute Gasteiger partial charge is 0.387 e. The molecular formula is C5H11N3O. The maximum Gasteiger partial charge on any atom is 0.239 e. The van der Waals surface area contributed by atoms with Gasteiger partial charge in [-0.3, -0.25) is 9.79 Å². The van der Waals surface area contributed by atoms with Gasteiger partial charge in [0.2, 0.25) is 5.91 Å². The van der Waals surface area contributed by atoms with Gasteiger partial charge in [0.25, 0.3) is 0 Å². The Morgan fingerprint density at radius 2 is 2.11 bits per heavy atom. The first-order chi connectivity index (χ1) is 4.16. The van der Waals surface area contributed by atoms with E-state index in [1.54, 1.807) is 0 Å². The summed E-state index contributed by atoms with van der Waals surface area (Å²) in [7, 11) is 0. The summed E-state index contributed by atoms with van der Waals surface area (Å²) < 4.78 is 0. The molecule has 0 saturated heterocycles. The molecule has 0 atom stereocenters. The average Bonchev–Trinajstić information content (AvgIpc) is 1.83. The van der Waals surface area contributed by atoms with Crippen LogP contribution in [0.4, 0.5) is 0 Å². The molecule has 4 nitrogen and oxygen atoms in total. The van der Waals surface area contributed by atoms with Gasteiger partial charge in [-0.1, -0.05) is 6.92 Å². The maximum atomic E-state index is 10.1. The number of nitrogens with zero attached hydrogens (tertiary/aromatic N) is 1. The van der Waals surface area contributed by atoms with Crippen LogP contribution in [0.15, 0.2) is 4.99 Å². The number of carbonyl (C=O) groups excluding carboxylic acids is 1. The summed E-state index contributed by atoms with van der Waals surface area (Å²) in [5, 5.41) is 0. The van der Waals surface area contributed by atoms with Gasteiger partial charge in [-0.25, -0.2) is 0 Å². The predicted molar refractivity (Wildman–Crippen MR) is 36.0 cm³/mol. The number of amides is 1. The Kier molecular flexibility index (Phi) is 3.43. The van der Waals surface area contributed by atoms with Crippen molar-refractivity contribution in [3.8, 4) is 0 Å². The van der Waals surface area contributed by atoms with E-state index in [2.05, 4.69) is 4.99 Å². The molecule has 52 valence electrons. The van der Waals surface area contributed by atoms with E-state index in [4.69, 9.17) is 11.5 Å². The van der Waals surface area contributed by atoms with E-state index >= 15 is 0 Å². The van der Waals surface area contributed by atoms with Crippen LogP contribution in [0.5, 0.6) is 0 Å². The molecule has 1 amide bonds. The van der Waals surface area contributed by atoms with Crippen LogP contribution in [0.3, 0.4) is 0 Å². The summed E-state index contributed by atoms with van der Waals surface area (Å²) >= 11 is 0. The molecule has 9 heavy (non-hydrogen) atoms. The summed E-state index contributed by atoms with van der Waals surface area (Å²) in [6.07, 6.45) is 0.660. The van der Waals surface area contributed by atoms with E-state index in [0.717, 1.165) is 0 Å². The summed E-state index contributed by atoms with van der Waals surface area (Å²) in [6.45, 7) is 1.86. The van der Waals surface area contributed by atoms with Crippen molar-refractivity contribution in [3.63, 3.8) is 0 Å². The van der Waals surface area contributed by atoms with Crippen LogP contribution in [0.1, 0.15) is 13.3 Å². The molecule has 0 unspecified atom stereocenters. The van der Waals surface area contributed by atoms with Crippen molar-refractivity contribution in [2.45, 2.75) is 13.3 Å². The van der Waals surface area contributed by atoms with Crippen molar-refractivity contribution in [2.24, 2.45) is 16.5 Å². The van der Waals surface area contributed by atoms with Gasteiger partial charge in [0, 0.05) is 6.42 Å². The minimum absolute atomic E-state index is 0.000324. The molecule has 4 heteroatoms. The van der Waals surface area contributed by atoms with Gasteiger partial charge in [-0.15, -0.1) is 0 Å². The summed E-state index contributed by atoms with van der Waals surface area (Å²) in [4.78, 5) is 13.7. The Hall–Kier alpha value is -1.06. The number of amidine groups is 1. The number of aliphatic imine (C=N–C) groups is 1. The molecule has 0 spiro atoms. The van der Waals surface area contributed by atoms with Gasteiger partial charge in [0.05, 0.1) is 5.84 Å². The molecule has 0 aliphatic heterocycles. The lowest BCUT2D eigenvalue weighted by molar-refractivity contribution is -0.116. The van der Waals surface area contributed by atoms with Crippen molar-refractivity contribution in [1.82, 2.24) is 0 Å². The van der Waals surface area contributed by atoms with Crippen LogP contribution in [0.25, 0.3) is 0 Å². The first-order valence-corrected chi connectivity index (χ1v) is 2.74. The quantitative estimate of drug-likeness (QED) is 0.388. The normalized spacial score (nSPS) is 11.4. The summed E-state index contributed by atoms with van der Waals surface area (Å²) in [5.74, 6) is 0.0141. The number of primary amides is 1. The molecule has 0 heterocycles. The Morgan fingerprint density at radius 3 is 2.44 bits per heavy atom. The highest BCUT2D eigenvalue weighted by Crippen LogP contribution is 1.76. The molecule has 0 aromatic carbocycles. The molecule has 0 rings (SSSR count). The molecule has 0 aliphatic rings. The van der Waals surface area contributed by atoms with E-state index in [9.17, 15) is 4.79 Å². The van der Waals surface area contributed by atoms with Crippen LogP contribution in [-0.4, -0.2) is 18.3 Å². The monoisotopic (exact) mass is 129 g/mol. The van der Waals surface area contributed by atoms with E-state index in [-0.39, 0.29) is 6.54 Å². The Labute approximate surface area is 53.9 Å². The first-order valence-electron chi connectivity index (χ1n) is 2.74. The van der Waals surface area contributed by atoms with Crippen molar-refractivity contribution in [1.29, 1.82) is 0 Å². The predicted octanol–water partition coefficient (Wildman–Crippen LogP) is -0.761. The maximum absolute atomic E-state index is 10.1. The number of hydrogen-bond acceptors (Lipinski definition) is 2. The lowest BCUT2D eigenvalue weighted by atomic mass is 10.4. The second kappa shape index (κ2) is 3.88. The summed E-state index contributed by atoms with van der Waals surface area (Å²) in [6, 6.07) is 0. The van der Waals surface area contributed by atoms with Crippen molar-refractivity contribution < 1.29 is 4.79 Å². The molecule has 0 aliphatic carbocycles. The van der Waals surface area contributed by atoms with Crippen molar-refractivity contribution in [3.05, 3.63) is 0 Å². The number of carbonyl (C=O) groups is 1. The third-order valence-corrected chi connectivity index (χ3v) is 0.800. The van der Waals surface area contributed by atoms with Gasteiger partial charge in [-0.05, 0) is 0 Å². The molecule has 0 bridgehead atoms. The Morgan fingerprint density at radius 1 is 1.56 bits per heavy atom. The van der Waals surface area contributed by atoms with Crippen LogP contribution in [0, 0.1) is 0 Å². The third-order valence-electron chi connectivity index (χ3n) is 0.800. The molecule has 4 N–H and O–H groups in total. The second-order valence-electron chi connectivity index (χ2n) is 1.63. The highest BCUT2D eigenvalue weighted by Gasteiger charge is 1.89. The van der Waals surface area contributed by atoms with E-state index < -0.39 is 5.91 Å². The first kappa shape index (κ1) is 7.94. The van der Waals surface area contributed by atoms with Gasteiger partial charge in [0.1, 0.15) is 6.54 Å². The van der Waals surface area contributed by atoms with Crippen LogP contribution in [-0.2, 0) is 4.79 Å². The lowest BCUT2D eigenvalue weighted by Gasteiger charge is -1.91.